The van der Waals surface area contributed by atoms with Crippen LogP contribution >= 0.6 is 11.3 Å². The summed E-state index contributed by atoms with van der Waals surface area (Å²) in [5.41, 5.74) is 1.31. The molecule has 0 bridgehead atoms. The number of aromatic nitrogens is 3. The molecule has 0 saturated carbocycles. The van der Waals surface area contributed by atoms with Gasteiger partial charge in [0.2, 0.25) is 0 Å². The van der Waals surface area contributed by atoms with E-state index < -0.39 is 0 Å². The third kappa shape index (κ3) is 4.95. The summed E-state index contributed by atoms with van der Waals surface area (Å²) in [7, 11) is 1.93. The first-order valence-corrected chi connectivity index (χ1v) is 10.4. The maximum Gasteiger partial charge on any atom is 0.257 e. The van der Waals surface area contributed by atoms with Gasteiger partial charge >= 0.3 is 0 Å². The largest absolute Gasteiger partial charge is 0.490 e. The number of imidazole rings is 1. The lowest BCUT2D eigenvalue weighted by molar-refractivity contribution is 0.102. The van der Waals surface area contributed by atoms with Crippen LogP contribution in [0.15, 0.2) is 30.6 Å². The number of thiazole rings is 1. The van der Waals surface area contributed by atoms with E-state index >= 15 is 0 Å². The molecule has 0 spiro atoms. The van der Waals surface area contributed by atoms with Crippen LogP contribution in [0.1, 0.15) is 36.8 Å². The smallest absolute Gasteiger partial charge is 0.257 e. The van der Waals surface area contributed by atoms with Gasteiger partial charge < -0.3 is 14.0 Å². The summed E-state index contributed by atoms with van der Waals surface area (Å²) < 4.78 is 13.4. The lowest BCUT2D eigenvalue weighted by atomic mass is 10.2. The molecule has 0 aliphatic rings. The Labute approximate surface area is 174 Å². The zero-order chi connectivity index (χ0) is 21.0. The van der Waals surface area contributed by atoms with Crippen molar-refractivity contribution in [3.05, 3.63) is 41.9 Å². The number of carbonyl (C=O) groups excluding carboxylic acids is 1. The summed E-state index contributed by atoms with van der Waals surface area (Å²) in [5, 5.41) is 3.41. The number of nitrogens with zero attached hydrogens (tertiary/aromatic N) is 3. The molecule has 0 radical (unpaired) electrons. The van der Waals surface area contributed by atoms with Crippen molar-refractivity contribution in [1.82, 2.24) is 14.5 Å². The van der Waals surface area contributed by atoms with Crippen molar-refractivity contribution >= 4 is 22.4 Å². The zero-order valence-electron chi connectivity index (χ0n) is 17.4. The normalized spacial score (nSPS) is 11.0. The molecule has 0 atom stereocenters. The number of carbonyl (C=O) groups is 1. The minimum absolute atomic E-state index is 0.249. The number of nitrogens with one attached hydrogen (secondary N) is 1. The Kier molecular flexibility index (Phi) is 6.53. The highest BCUT2D eigenvalue weighted by molar-refractivity contribution is 7.19. The van der Waals surface area contributed by atoms with E-state index in [2.05, 4.69) is 29.1 Å². The van der Waals surface area contributed by atoms with Crippen molar-refractivity contribution in [2.45, 2.75) is 27.7 Å². The van der Waals surface area contributed by atoms with Gasteiger partial charge in [0, 0.05) is 25.0 Å². The second-order valence-corrected chi connectivity index (χ2v) is 8.05. The molecule has 7 nitrogen and oxygen atoms in total. The van der Waals surface area contributed by atoms with Gasteiger partial charge in [0.1, 0.15) is 0 Å². The second kappa shape index (κ2) is 9.09. The molecule has 2 aromatic heterocycles. The van der Waals surface area contributed by atoms with E-state index in [-0.39, 0.29) is 5.91 Å². The van der Waals surface area contributed by atoms with E-state index in [1.54, 1.807) is 24.4 Å². The fraction of sp³-hybridized carbons (Fsp3) is 0.381. The minimum Gasteiger partial charge on any atom is -0.490 e. The summed E-state index contributed by atoms with van der Waals surface area (Å²) in [4.78, 5) is 22.5. The number of ether oxygens (including phenoxy) is 2. The number of hydrogen-bond acceptors (Lipinski definition) is 6. The van der Waals surface area contributed by atoms with Crippen LogP contribution in [0.25, 0.3) is 10.7 Å². The maximum absolute atomic E-state index is 12.8. The molecular weight excluding hydrogens is 388 g/mol. The fourth-order valence-electron chi connectivity index (χ4n) is 2.70. The van der Waals surface area contributed by atoms with Crippen molar-refractivity contribution in [2.24, 2.45) is 13.0 Å². The van der Waals surface area contributed by atoms with Gasteiger partial charge in [0.05, 0.1) is 23.8 Å². The lowest BCUT2D eigenvalue weighted by Crippen LogP contribution is -2.12. The highest BCUT2D eigenvalue weighted by Gasteiger charge is 2.17. The Morgan fingerprint density at radius 2 is 2.07 bits per heavy atom. The molecule has 29 heavy (non-hydrogen) atoms. The predicted octanol–water partition coefficient (Wildman–Crippen LogP) is 4.54. The molecule has 154 valence electrons. The third-order valence-corrected chi connectivity index (χ3v) is 5.19. The lowest BCUT2D eigenvalue weighted by Gasteiger charge is -2.14. The van der Waals surface area contributed by atoms with Gasteiger partial charge in [-0.3, -0.25) is 10.1 Å². The molecular formula is C21H26N4O3S. The molecule has 0 unspecified atom stereocenters. The van der Waals surface area contributed by atoms with Crippen LogP contribution in [0.4, 0.5) is 5.13 Å². The standard InChI is InChI=1S/C21H26N4O3S/c1-6-27-17-11-15(7-8-16(17)28-12-13(2)3)20(26)24-21-23-14(4)18(29-21)19-22-9-10-25(19)5/h7-11,13H,6,12H2,1-5H3,(H,23,24,26). The van der Waals surface area contributed by atoms with Gasteiger partial charge in [-0.2, -0.15) is 0 Å². The number of rotatable bonds is 8. The maximum atomic E-state index is 12.8. The van der Waals surface area contributed by atoms with Crippen LogP contribution in [0.5, 0.6) is 11.5 Å². The van der Waals surface area contributed by atoms with E-state index in [1.807, 2.05) is 31.7 Å². The quantitative estimate of drug-likeness (QED) is 0.586. The summed E-state index contributed by atoms with van der Waals surface area (Å²) in [5.74, 6) is 2.17. The molecule has 1 aromatic carbocycles. The molecule has 1 amide bonds. The van der Waals surface area contributed by atoms with Crippen molar-refractivity contribution in [3.8, 4) is 22.2 Å². The molecule has 0 fully saturated rings. The fourth-order valence-corrected chi connectivity index (χ4v) is 3.71. The number of hydrogen-bond donors (Lipinski definition) is 1. The Bertz CT molecular complexity index is 994. The summed E-state index contributed by atoms with van der Waals surface area (Å²) in [6.45, 7) is 9.04. The van der Waals surface area contributed by atoms with E-state index in [0.717, 1.165) is 16.4 Å². The number of amides is 1. The first-order valence-electron chi connectivity index (χ1n) is 9.55. The van der Waals surface area contributed by atoms with Crippen LogP contribution in [0, 0.1) is 12.8 Å². The van der Waals surface area contributed by atoms with E-state index in [1.165, 1.54) is 11.3 Å². The molecule has 0 saturated heterocycles. The first kappa shape index (κ1) is 20.9. The Morgan fingerprint density at radius 3 is 2.72 bits per heavy atom. The number of aryl methyl sites for hydroxylation is 2. The molecule has 3 rings (SSSR count). The Hall–Kier alpha value is -2.87. The molecule has 1 N–H and O–H groups in total. The van der Waals surface area contributed by atoms with Crippen LogP contribution in [-0.2, 0) is 7.05 Å². The van der Waals surface area contributed by atoms with Crippen molar-refractivity contribution in [1.29, 1.82) is 0 Å². The first-order chi connectivity index (χ1) is 13.9. The molecule has 3 aromatic rings. The highest BCUT2D eigenvalue weighted by Crippen LogP contribution is 2.32. The monoisotopic (exact) mass is 414 g/mol. The summed E-state index contributed by atoms with van der Waals surface area (Å²) in [6.07, 6.45) is 3.62. The highest BCUT2D eigenvalue weighted by atomic mass is 32.1. The minimum atomic E-state index is -0.249. The van der Waals surface area contributed by atoms with Gasteiger partial charge in [-0.05, 0) is 38.0 Å². The van der Waals surface area contributed by atoms with E-state index in [9.17, 15) is 4.79 Å². The van der Waals surface area contributed by atoms with Gasteiger partial charge in [-0.25, -0.2) is 9.97 Å². The average Bonchev–Trinajstić information content (AvgIpc) is 3.25. The van der Waals surface area contributed by atoms with Crippen LogP contribution in [0.3, 0.4) is 0 Å². The number of anilines is 1. The van der Waals surface area contributed by atoms with Crippen molar-refractivity contribution in [2.75, 3.05) is 18.5 Å². The van der Waals surface area contributed by atoms with Gasteiger partial charge in [-0.1, -0.05) is 25.2 Å². The zero-order valence-corrected chi connectivity index (χ0v) is 18.2. The van der Waals surface area contributed by atoms with Gasteiger partial charge in [0.25, 0.3) is 5.91 Å². The molecule has 8 heteroatoms. The van der Waals surface area contributed by atoms with Crippen molar-refractivity contribution < 1.29 is 14.3 Å². The van der Waals surface area contributed by atoms with Crippen LogP contribution < -0.4 is 14.8 Å². The summed E-state index contributed by atoms with van der Waals surface area (Å²) in [6, 6.07) is 5.21. The molecule has 0 aliphatic heterocycles. The summed E-state index contributed by atoms with van der Waals surface area (Å²) >= 11 is 1.40. The average molecular weight is 415 g/mol. The van der Waals surface area contributed by atoms with E-state index in [4.69, 9.17) is 9.47 Å². The molecule has 0 aliphatic carbocycles. The van der Waals surface area contributed by atoms with Crippen LogP contribution in [-0.4, -0.2) is 33.7 Å². The predicted molar refractivity (Wildman–Crippen MR) is 115 cm³/mol. The van der Waals surface area contributed by atoms with E-state index in [0.29, 0.717) is 41.3 Å². The topological polar surface area (TPSA) is 78.3 Å². The second-order valence-electron chi connectivity index (χ2n) is 7.05. The van der Waals surface area contributed by atoms with Gasteiger partial charge in [0.15, 0.2) is 22.5 Å². The SMILES string of the molecule is CCOc1cc(C(=O)Nc2nc(C)c(-c3nccn3C)s2)ccc1OCC(C)C. The van der Waals surface area contributed by atoms with Crippen LogP contribution in [0.2, 0.25) is 0 Å². The molecule has 2 heterocycles. The van der Waals surface area contributed by atoms with Gasteiger partial charge in [-0.15, -0.1) is 0 Å². The Balaban J connectivity index is 1.78. The third-order valence-electron chi connectivity index (χ3n) is 4.12. The number of benzene rings is 1. The van der Waals surface area contributed by atoms with Crippen molar-refractivity contribution in [3.63, 3.8) is 0 Å². The Morgan fingerprint density at radius 1 is 1.28 bits per heavy atom.